The van der Waals surface area contributed by atoms with E-state index < -0.39 is 18.2 Å². The van der Waals surface area contributed by atoms with E-state index in [9.17, 15) is 27.6 Å². The summed E-state index contributed by atoms with van der Waals surface area (Å²) < 4.78 is 43.6. The molecule has 0 aliphatic carbocycles. The van der Waals surface area contributed by atoms with Crippen molar-refractivity contribution in [3.8, 4) is 5.75 Å². The predicted molar refractivity (Wildman–Crippen MR) is 152 cm³/mol. The molecule has 0 aliphatic rings. The Bertz CT molecular complexity index is 1610. The molecule has 1 heterocycles. The highest BCUT2D eigenvalue weighted by molar-refractivity contribution is 6.31. The van der Waals surface area contributed by atoms with Crippen LogP contribution in [0.15, 0.2) is 66.7 Å². The third kappa shape index (κ3) is 7.50. The zero-order chi connectivity index (χ0) is 30.6. The van der Waals surface area contributed by atoms with E-state index in [0.717, 1.165) is 22.0 Å². The minimum atomic E-state index is -4.79. The van der Waals surface area contributed by atoms with Crippen molar-refractivity contribution >= 4 is 40.2 Å². The van der Waals surface area contributed by atoms with E-state index in [0.29, 0.717) is 28.3 Å². The minimum Gasteiger partial charge on any atom is -0.481 e. The number of halogens is 4. The number of amides is 1. The number of benzene rings is 3. The molecular formula is C31H28ClF3N2O5. The summed E-state index contributed by atoms with van der Waals surface area (Å²) in [7, 11) is 0. The van der Waals surface area contributed by atoms with Crippen molar-refractivity contribution in [2.45, 2.75) is 39.6 Å². The largest absolute Gasteiger partial charge is 0.573 e. The third-order valence-electron chi connectivity index (χ3n) is 6.84. The molecule has 0 saturated carbocycles. The fourth-order valence-corrected chi connectivity index (χ4v) is 4.98. The first-order valence-electron chi connectivity index (χ1n) is 13.1. The monoisotopic (exact) mass is 600 g/mol. The molecule has 0 spiro atoms. The summed E-state index contributed by atoms with van der Waals surface area (Å²) in [5.74, 6) is -2.29. The van der Waals surface area contributed by atoms with Gasteiger partial charge in [-0.05, 0) is 72.5 Å². The summed E-state index contributed by atoms with van der Waals surface area (Å²) in [5.41, 5.74) is 3.88. The first kappa shape index (κ1) is 30.6. The number of nitrogens with one attached hydrogen (secondary N) is 1. The van der Waals surface area contributed by atoms with Gasteiger partial charge in [0.1, 0.15) is 5.75 Å². The summed E-state index contributed by atoms with van der Waals surface area (Å²) in [4.78, 5) is 36.8. The van der Waals surface area contributed by atoms with Crippen LogP contribution in [0.25, 0.3) is 10.9 Å². The number of rotatable bonds is 11. The molecule has 3 aromatic carbocycles. The fourth-order valence-electron chi connectivity index (χ4n) is 4.81. The maximum Gasteiger partial charge on any atom is 0.573 e. The molecule has 2 N–H and O–H groups in total. The maximum atomic E-state index is 13.9. The highest BCUT2D eigenvalue weighted by atomic mass is 35.5. The van der Waals surface area contributed by atoms with Crippen LogP contribution in [0.3, 0.4) is 0 Å². The first-order chi connectivity index (χ1) is 19.8. The van der Waals surface area contributed by atoms with E-state index in [-0.39, 0.29) is 37.0 Å². The average molecular weight is 601 g/mol. The Hall–Kier alpha value is -4.31. The molecule has 4 rings (SSSR count). The summed E-state index contributed by atoms with van der Waals surface area (Å²) in [5, 5.41) is 12.6. The Labute approximate surface area is 244 Å². The number of nitrogens with zero attached hydrogens (tertiary/aromatic N) is 1. The van der Waals surface area contributed by atoms with E-state index in [4.69, 9.17) is 16.7 Å². The van der Waals surface area contributed by atoms with Gasteiger partial charge < -0.3 is 19.7 Å². The van der Waals surface area contributed by atoms with E-state index in [1.165, 1.54) is 24.3 Å². The zero-order valence-corrected chi connectivity index (χ0v) is 23.6. The topological polar surface area (TPSA) is 97.6 Å². The molecule has 0 radical (unpaired) electrons. The van der Waals surface area contributed by atoms with Gasteiger partial charge in [0, 0.05) is 40.5 Å². The second-order valence-corrected chi connectivity index (χ2v) is 10.4. The molecule has 1 unspecified atom stereocenters. The van der Waals surface area contributed by atoms with Crippen molar-refractivity contribution in [3.63, 3.8) is 0 Å². The number of carbonyl (C=O) groups is 3. The van der Waals surface area contributed by atoms with E-state index in [2.05, 4.69) is 10.1 Å². The Morgan fingerprint density at radius 1 is 1.00 bits per heavy atom. The molecule has 220 valence electrons. The average Bonchev–Trinajstić information content (AvgIpc) is 3.18. The van der Waals surface area contributed by atoms with Crippen LogP contribution in [0.4, 0.5) is 13.2 Å². The number of hydrogen-bond acceptors (Lipinski definition) is 4. The van der Waals surface area contributed by atoms with Crippen molar-refractivity contribution in [1.29, 1.82) is 0 Å². The normalized spacial score (nSPS) is 12.2. The Morgan fingerprint density at radius 2 is 1.64 bits per heavy atom. The Kier molecular flexibility index (Phi) is 9.26. The highest BCUT2D eigenvalue weighted by Crippen LogP contribution is 2.32. The van der Waals surface area contributed by atoms with Crippen LogP contribution in [-0.4, -0.2) is 40.2 Å². The fraction of sp³-hybridized carbons (Fsp3) is 0.258. The molecule has 0 fully saturated rings. The molecule has 0 bridgehead atoms. The van der Waals surface area contributed by atoms with E-state index in [1.54, 1.807) is 36.4 Å². The molecule has 1 aromatic heterocycles. The lowest BCUT2D eigenvalue weighted by atomic mass is 9.93. The van der Waals surface area contributed by atoms with Crippen molar-refractivity contribution in [2.75, 3.05) is 6.54 Å². The second-order valence-electron chi connectivity index (χ2n) is 9.98. The molecule has 7 nitrogen and oxygen atoms in total. The molecule has 1 atom stereocenters. The molecule has 11 heteroatoms. The number of carbonyl (C=O) groups excluding carboxylic acids is 2. The number of aromatic nitrogens is 1. The highest BCUT2D eigenvalue weighted by Gasteiger charge is 2.31. The number of aliphatic carboxylic acids is 1. The second kappa shape index (κ2) is 12.7. The molecule has 42 heavy (non-hydrogen) atoms. The molecule has 1 amide bonds. The van der Waals surface area contributed by atoms with Gasteiger partial charge >= 0.3 is 12.3 Å². The van der Waals surface area contributed by atoms with Gasteiger partial charge in [0.05, 0.1) is 12.1 Å². The zero-order valence-electron chi connectivity index (χ0n) is 22.8. The van der Waals surface area contributed by atoms with Crippen molar-refractivity contribution in [1.82, 2.24) is 9.88 Å². The lowest BCUT2D eigenvalue weighted by Gasteiger charge is -2.16. The number of Topliss-reactive ketones (excluding diaryl/α,β-unsaturated/α-hetero) is 1. The van der Waals surface area contributed by atoms with Gasteiger partial charge in [-0.2, -0.15) is 0 Å². The van der Waals surface area contributed by atoms with Crippen molar-refractivity contribution in [3.05, 3.63) is 99.7 Å². The Balaban J connectivity index is 1.56. The number of ketones is 1. The number of aryl methyl sites for hydroxylation is 1. The van der Waals surface area contributed by atoms with Gasteiger partial charge in [-0.3, -0.25) is 14.4 Å². The van der Waals surface area contributed by atoms with Crippen LogP contribution in [0.5, 0.6) is 5.75 Å². The van der Waals surface area contributed by atoms with Crippen LogP contribution >= 0.6 is 11.6 Å². The summed E-state index contributed by atoms with van der Waals surface area (Å²) in [6.07, 6.45) is -4.58. The molecule has 4 aromatic rings. The van der Waals surface area contributed by atoms with Gasteiger partial charge in [0.15, 0.2) is 5.78 Å². The standard InChI is InChI=1S/C31H28ClF3N2O5/c1-18(15-20-3-7-22(8-4-20)30(41)36-14-13-27(38)39)29(40)28-19(2)25-16-23(32)9-12-26(25)37(28)17-21-5-10-24(11-6-21)42-31(33,34)35/h3-12,16,18H,13-15,17H2,1-2H3,(H,36,41)(H,38,39). The molecular weight excluding hydrogens is 573 g/mol. The van der Waals surface area contributed by atoms with Crippen LogP contribution < -0.4 is 10.1 Å². The summed E-state index contributed by atoms with van der Waals surface area (Å²) in [6.45, 7) is 3.91. The minimum absolute atomic E-state index is 0.0193. The van der Waals surface area contributed by atoms with Gasteiger partial charge in [0.25, 0.3) is 5.91 Å². The first-order valence-corrected chi connectivity index (χ1v) is 13.5. The van der Waals surface area contributed by atoms with Crippen LogP contribution in [0.2, 0.25) is 5.02 Å². The van der Waals surface area contributed by atoms with Gasteiger partial charge in [0.2, 0.25) is 0 Å². The summed E-state index contributed by atoms with van der Waals surface area (Å²) >= 11 is 6.25. The summed E-state index contributed by atoms with van der Waals surface area (Å²) in [6, 6.07) is 17.6. The smallest absolute Gasteiger partial charge is 0.481 e. The predicted octanol–water partition coefficient (Wildman–Crippen LogP) is 6.82. The van der Waals surface area contributed by atoms with Gasteiger partial charge in [-0.15, -0.1) is 13.2 Å². The van der Waals surface area contributed by atoms with Crippen LogP contribution in [0.1, 0.15) is 50.9 Å². The number of hydrogen-bond donors (Lipinski definition) is 2. The van der Waals surface area contributed by atoms with Gasteiger partial charge in [-0.25, -0.2) is 0 Å². The number of alkyl halides is 3. The third-order valence-corrected chi connectivity index (χ3v) is 7.07. The number of ether oxygens (including phenoxy) is 1. The Morgan fingerprint density at radius 3 is 2.26 bits per heavy atom. The number of carboxylic acid groups (broad SMARTS) is 1. The molecule has 0 saturated heterocycles. The van der Waals surface area contributed by atoms with Crippen LogP contribution in [0, 0.1) is 12.8 Å². The van der Waals surface area contributed by atoms with E-state index in [1.807, 2.05) is 24.5 Å². The van der Waals surface area contributed by atoms with Crippen LogP contribution in [-0.2, 0) is 17.8 Å². The van der Waals surface area contributed by atoms with E-state index >= 15 is 0 Å². The number of carboxylic acids is 1. The quantitative estimate of drug-likeness (QED) is 0.184. The molecule has 0 aliphatic heterocycles. The van der Waals surface area contributed by atoms with Crippen molar-refractivity contribution < 1.29 is 37.4 Å². The lowest BCUT2D eigenvalue weighted by Crippen LogP contribution is -2.26. The number of fused-ring (bicyclic) bond motifs is 1. The lowest BCUT2D eigenvalue weighted by molar-refractivity contribution is -0.274. The maximum absolute atomic E-state index is 13.9. The SMILES string of the molecule is Cc1c(C(=O)C(C)Cc2ccc(C(=O)NCCC(=O)O)cc2)n(Cc2ccc(OC(F)(F)F)cc2)c2ccc(Cl)cc12. The van der Waals surface area contributed by atoms with Crippen molar-refractivity contribution in [2.24, 2.45) is 5.92 Å². The van der Waals surface area contributed by atoms with Gasteiger partial charge in [-0.1, -0.05) is 42.8 Å².